The van der Waals surface area contributed by atoms with Gasteiger partial charge in [-0.25, -0.2) is 0 Å². The van der Waals surface area contributed by atoms with Gasteiger partial charge in [0.1, 0.15) is 5.75 Å². The molecule has 1 aromatic heterocycles. The van der Waals surface area contributed by atoms with Crippen LogP contribution in [0.2, 0.25) is 5.02 Å². The number of aromatic nitrogens is 2. The minimum Gasteiger partial charge on any atom is -0.497 e. The van der Waals surface area contributed by atoms with Gasteiger partial charge in [-0.3, -0.25) is 0 Å². The molecule has 1 unspecified atom stereocenters. The number of hydrogen-bond donors (Lipinski definition) is 1. The number of hydrogen-bond acceptors (Lipinski definition) is 5. The molecule has 2 aromatic carbocycles. The SMILES string of the molecule is CCCCN1C(=S)NC(c2ccc(Cl)cc2)C(c2nc(-c3cccc(OC)c3)no2)=C1C. The van der Waals surface area contributed by atoms with Crippen LogP contribution in [0.1, 0.15) is 44.2 Å². The van der Waals surface area contributed by atoms with Gasteiger partial charge in [0, 0.05) is 22.8 Å². The summed E-state index contributed by atoms with van der Waals surface area (Å²) in [5.41, 5.74) is 3.74. The second kappa shape index (κ2) is 9.71. The van der Waals surface area contributed by atoms with E-state index in [1.54, 1.807) is 7.11 Å². The average molecular weight is 469 g/mol. The maximum absolute atomic E-state index is 6.12. The van der Waals surface area contributed by atoms with Gasteiger partial charge in [0.15, 0.2) is 5.11 Å². The van der Waals surface area contributed by atoms with Gasteiger partial charge in [0.25, 0.3) is 5.89 Å². The highest BCUT2D eigenvalue weighted by molar-refractivity contribution is 7.80. The van der Waals surface area contributed by atoms with Crippen molar-refractivity contribution in [3.63, 3.8) is 0 Å². The fourth-order valence-corrected chi connectivity index (χ4v) is 4.23. The van der Waals surface area contributed by atoms with Crippen LogP contribution in [-0.2, 0) is 0 Å². The number of ether oxygens (including phenoxy) is 1. The van der Waals surface area contributed by atoms with Crippen LogP contribution in [0, 0.1) is 0 Å². The number of benzene rings is 2. The van der Waals surface area contributed by atoms with Gasteiger partial charge in [0.05, 0.1) is 18.7 Å². The highest BCUT2D eigenvalue weighted by Crippen LogP contribution is 2.38. The standard InChI is InChI=1S/C24H25ClN4O2S/c1-4-5-13-29-15(2)20(21(26-24(29)32)16-9-11-18(25)12-10-16)23-27-22(28-31-23)17-7-6-8-19(14-17)30-3/h6-12,14,21H,4-5,13H2,1-3H3,(H,26,32). The van der Waals surface area contributed by atoms with Crippen LogP contribution in [0.25, 0.3) is 17.0 Å². The van der Waals surface area contributed by atoms with E-state index in [1.807, 2.05) is 48.5 Å². The molecule has 3 aromatic rings. The van der Waals surface area contributed by atoms with Gasteiger partial charge in [-0.1, -0.05) is 54.4 Å². The topological polar surface area (TPSA) is 63.4 Å². The maximum atomic E-state index is 6.12. The summed E-state index contributed by atoms with van der Waals surface area (Å²) in [6, 6.07) is 15.1. The molecule has 32 heavy (non-hydrogen) atoms. The highest BCUT2D eigenvalue weighted by Gasteiger charge is 2.33. The van der Waals surface area contributed by atoms with E-state index in [9.17, 15) is 0 Å². The number of nitrogens with zero attached hydrogens (tertiary/aromatic N) is 3. The molecule has 166 valence electrons. The van der Waals surface area contributed by atoms with Crippen LogP contribution in [0.3, 0.4) is 0 Å². The number of rotatable bonds is 7. The van der Waals surface area contributed by atoms with Crippen molar-refractivity contribution in [3.8, 4) is 17.1 Å². The van der Waals surface area contributed by atoms with E-state index in [4.69, 9.17) is 38.1 Å². The summed E-state index contributed by atoms with van der Waals surface area (Å²) < 4.78 is 11.1. The van der Waals surface area contributed by atoms with Gasteiger partial charge < -0.3 is 19.5 Å². The minimum atomic E-state index is -0.226. The molecule has 0 amide bonds. The van der Waals surface area contributed by atoms with E-state index < -0.39 is 0 Å². The Balaban J connectivity index is 1.79. The lowest BCUT2D eigenvalue weighted by Gasteiger charge is -2.37. The first kappa shape index (κ1) is 22.3. The monoisotopic (exact) mass is 468 g/mol. The predicted octanol–water partition coefficient (Wildman–Crippen LogP) is 5.86. The molecule has 0 bridgehead atoms. The Labute approximate surface area is 198 Å². The minimum absolute atomic E-state index is 0.226. The highest BCUT2D eigenvalue weighted by atomic mass is 35.5. The first-order valence-electron chi connectivity index (χ1n) is 10.5. The normalized spacial score (nSPS) is 16.3. The maximum Gasteiger partial charge on any atom is 0.258 e. The smallest absolute Gasteiger partial charge is 0.258 e. The molecular weight excluding hydrogens is 444 g/mol. The molecule has 4 rings (SSSR count). The summed E-state index contributed by atoms with van der Waals surface area (Å²) in [7, 11) is 1.63. The summed E-state index contributed by atoms with van der Waals surface area (Å²) in [6.45, 7) is 5.04. The van der Waals surface area contributed by atoms with Crippen LogP contribution in [0.5, 0.6) is 5.75 Å². The van der Waals surface area contributed by atoms with Crippen LogP contribution >= 0.6 is 23.8 Å². The zero-order valence-electron chi connectivity index (χ0n) is 18.3. The zero-order chi connectivity index (χ0) is 22.7. The summed E-state index contributed by atoms with van der Waals surface area (Å²) >= 11 is 11.8. The van der Waals surface area contributed by atoms with Crippen molar-refractivity contribution >= 4 is 34.5 Å². The lowest BCUT2D eigenvalue weighted by atomic mass is 9.94. The van der Waals surface area contributed by atoms with Crippen LogP contribution < -0.4 is 10.1 Å². The lowest BCUT2D eigenvalue weighted by molar-refractivity contribution is 0.395. The van der Waals surface area contributed by atoms with Crippen LogP contribution in [-0.4, -0.2) is 33.8 Å². The first-order chi connectivity index (χ1) is 15.5. The largest absolute Gasteiger partial charge is 0.497 e. The van der Waals surface area contributed by atoms with Crippen LogP contribution in [0.4, 0.5) is 0 Å². The number of nitrogens with one attached hydrogen (secondary N) is 1. The third-order valence-corrected chi connectivity index (χ3v) is 6.11. The second-order valence-corrected chi connectivity index (χ2v) is 8.42. The second-order valence-electron chi connectivity index (χ2n) is 7.59. The molecule has 6 nitrogen and oxygen atoms in total. The van der Waals surface area contributed by atoms with Crippen LogP contribution in [0.15, 0.2) is 58.8 Å². The molecule has 1 aliphatic heterocycles. The van der Waals surface area contributed by atoms with E-state index in [0.717, 1.165) is 47.5 Å². The molecule has 0 spiro atoms. The molecule has 1 N–H and O–H groups in total. The molecular formula is C24H25ClN4O2S. The number of allylic oxidation sites excluding steroid dienone is 1. The Hall–Kier alpha value is -2.90. The fraction of sp³-hybridized carbons (Fsp3) is 0.292. The quantitative estimate of drug-likeness (QED) is 0.435. The summed E-state index contributed by atoms with van der Waals surface area (Å²) in [6.07, 6.45) is 2.10. The van der Waals surface area contributed by atoms with Crippen molar-refractivity contribution < 1.29 is 9.26 Å². The van der Waals surface area contributed by atoms with Gasteiger partial charge >= 0.3 is 0 Å². The number of thiocarbonyl (C=S) groups is 1. The molecule has 0 radical (unpaired) electrons. The molecule has 1 atom stereocenters. The molecule has 0 aliphatic carbocycles. The van der Waals surface area contributed by atoms with E-state index in [1.165, 1.54) is 0 Å². The van der Waals surface area contributed by atoms with Gasteiger partial charge in [0.2, 0.25) is 5.82 Å². The fourth-order valence-electron chi connectivity index (χ4n) is 3.76. The molecule has 2 heterocycles. The average Bonchev–Trinajstić information content (AvgIpc) is 3.29. The Morgan fingerprint density at radius 3 is 2.72 bits per heavy atom. The van der Waals surface area contributed by atoms with Crippen molar-refractivity contribution in [1.29, 1.82) is 0 Å². The molecule has 8 heteroatoms. The summed E-state index contributed by atoms with van der Waals surface area (Å²) in [4.78, 5) is 6.84. The molecule has 0 fully saturated rings. The van der Waals surface area contributed by atoms with Crippen molar-refractivity contribution in [1.82, 2.24) is 20.4 Å². The third kappa shape index (κ3) is 4.49. The Kier molecular flexibility index (Phi) is 6.77. The first-order valence-corrected chi connectivity index (χ1v) is 11.3. The Morgan fingerprint density at radius 2 is 2.00 bits per heavy atom. The van der Waals surface area contributed by atoms with E-state index in [2.05, 4.69) is 29.2 Å². The van der Waals surface area contributed by atoms with Crippen molar-refractivity contribution in [2.45, 2.75) is 32.7 Å². The van der Waals surface area contributed by atoms with Crippen molar-refractivity contribution in [2.75, 3.05) is 13.7 Å². The number of halogens is 1. The summed E-state index contributed by atoms with van der Waals surface area (Å²) in [5.74, 6) is 1.69. The molecule has 0 saturated carbocycles. The van der Waals surface area contributed by atoms with Crippen molar-refractivity contribution in [3.05, 3.63) is 70.7 Å². The van der Waals surface area contributed by atoms with E-state index in [-0.39, 0.29) is 6.04 Å². The van der Waals surface area contributed by atoms with E-state index in [0.29, 0.717) is 21.9 Å². The number of unbranched alkanes of at least 4 members (excludes halogenated alkanes) is 1. The number of methoxy groups -OCH3 is 1. The molecule has 0 saturated heterocycles. The third-order valence-electron chi connectivity index (χ3n) is 5.52. The van der Waals surface area contributed by atoms with Gasteiger partial charge in [-0.2, -0.15) is 4.98 Å². The Bertz CT molecular complexity index is 1140. The van der Waals surface area contributed by atoms with E-state index >= 15 is 0 Å². The van der Waals surface area contributed by atoms with Gasteiger partial charge in [-0.15, -0.1) is 0 Å². The van der Waals surface area contributed by atoms with Crippen molar-refractivity contribution in [2.24, 2.45) is 0 Å². The Morgan fingerprint density at radius 1 is 1.22 bits per heavy atom. The predicted molar refractivity (Wildman–Crippen MR) is 130 cm³/mol. The summed E-state index contributed by atoms with van der Waals surface area (Å²) in [5, 5.41) is 9.07. The van der Waals surface area contributed by atoms with Gasteiger partial charge in [-0.05, 0) is 55.4 Å². The molecule has 1 aliphatic rings. The lowest BCUT2D eigenvalue weighted by Crippen LogP contribution is -2.46. The zero-order valence-corrected chi connectivity index (χ0v) is 19.8.